The fourth-order valence-corrected chi connectivity index (χ4v) is 6.13. The van der Waals surface area contributed by atoms with Gasteiger partial charge in [-0.3, -0.25) is 4.79 Å². The summed E-state index contributed by atoms with van der Waals surface area (Å²) in [6.07, 6.45) is 1.75. The summed E-state index contributed by atoms with van der Waals surface area (Å²) >= 11 is 1.26. The molecule has 5 rings (SSSR count). The summed E-state index contributed by atoms with van der Waals surface area (Å²) in [6.45, 7) is 1.79. The zero-order chi connectivity index (χ0) is 33.2. The van der Waals surface area contributed by atoms with Crippen molar-refractivity contribution in [1.82, 2.24) is 14.8 Å². The summed E-state index contributed by atoms with van der Waals surface area (Å²) in [4.78, 5) is 16.4. The maximum atomic E-state index is 14.8. The van der Waals surface area contributed by atoms with Crippen LogP contribution < -0.4 is 5.32 Å². The largest absolute Gasteiger partial charge is 0.382 e. The number of nitriles is 1. The van der Waals surface area contributed by atoms with Crippen LogP contribution in [0.2, 0.25) is 0 Å². The molecule has 240 valence electrons. The molecule has 0 aliphatic carbocycles. The monoisotopic (exact) mass is 663 g/mol. The molecule has 1 aliphatic rings. The van der Waals surface area contributed by atoms with Crippen molar-refractivity contribution < 1.29 is 45.7 Å². The number of halogens is 6. The first kappa shape index (κ1) is 32.9. The number of hydrogen-bond acceptors (Lipinski definition) is 8. The van der Waals surface area contributed by atoms with Gasteiger partial charge in [-0.05, 0) is 18.2 Å². The summed E-state index contributed by atoms with van der Waals surface area (Å²) in [5, 5.41) is 25.2. The topological polar surface area (TPSA) is 122 Å². The van der Waals surface area contributed by atoms with Gasteiger partial charge in [0.1, 0.15) is 47.2 Å². The molecule has 9 nitrogen and oxygen atoms in total. The molecule has 1 aliphatic heterocycles. The number of ether oxygens (including phenoxy) is 2. The second-order valence-electron chi connectivity index (χ2n) is 10.2. The molecule has 16 heteroatoms. The van der Waals surface area contributed by atoms with Crippen molar-refractivity contribution in [3.8, 4) is 6.07 Å². The lowest BCUT2D eigenvalue weighted by Crippen LogP contribution is -2.43. The Labute approximate surface area is 261 Å². The standard InChI is InChI=1S/C30H23F6N5O4S/c1-15(30(43,12-41-14-38-13-39-41)21-7-6-18(31)8-22(21)32)46-19-10-44-29(45-11-19)17-4-2-16(3-5-17)28(42)40-27-25(35)23(33)20(9-37)24(34)26(27)36/h2-8,13-15,19,29,43H,10-12H2,1H3,(H,40,42)/t15-,19?,29?,30-/m1/s1. The van der Waals surface area contributed by atoms with Gasteiger partial charge in [0.25, 0.3) is 5.91 Å². The minimum Gasteiger partial charge on any atom is -0.382 e. The predicted molar refractivity (Wildman–Crippen MR) is 151 cm³/mol. The van der Waals surface area contributed by atoms with Crippen molar-refractivity contribution in [1.29, 1.82) is 5.26 Å². The highest BCUT2D eigenvalue weighted by molar-refractivity contribution is 8.00. The maximum Gasteiger partial charge on any atom is 0.255 e. The molecular formula is C30H23F6N5O4S. The first-order valence-electron chi connectivity index (χ1n) is 13.5. The number of nitrogens with one attached hydrogen (secondary N) is 1. The Bertz CT molecular complexity index is 1750. The van der Waals surface area contributed by atoms with Gasteiger partial charge >= 0.3 is 0 Å². The molecule has 4 aromatic rings. The third-order valence-corrected chi connectivity index (χ3v) is 8.72. The van der Waals surface area contributed by atoms with Crippen molar-refractivity contribution in [3.05, 3.63) is 112 Å². The van der Waals surface area contributed by atoms with Crippen molar-refractivity contribution in [3.63, 3.8) is 0 Å². The van der Waals surface area contributed by atoms with Gasteiger partial charge in [0.05, 0.1) is 25.0 Å². The van der Waals surface area contributed by atoms with Gasteiger partial charge in [0, 0.05) is 28.0 Å². The zero-order valence-electron chi connectivity index (χ0n) is 23.7. The van der Waals surface area contributed by atoms with Crippen LogP contribution in [0, 0.1) is 46.2 Å². The summed E-state index contributed by atoms with van der Waals surface area (Å²) in [6, 6.07) is 9.37. The minimum absolute atomic E-state index is 0.120. The quantitative estimate of drug-likeness (QED) is 0.181. The normalized spacial score (nSPS) is 18.4. The van der Waals surface area contributed by atoms with E-state index in [1.54, 1.807) is 12.2 Å². The molecule has 3 aromatic carbocycles. The smallest absolute Gasteiger partial charge is 0.255 e. The molecule has 0 saturated carbocycles. The van der Waals surface area contributed by atoms with Crippen LogP contribution in [-0.2, 0) is 21.6 Å². The Balaban J connectivity index is 1.22. The number of anilines is 1. The number of benzene rings is 3. The summed E-state index contributed by atoms with van der Waals surface area (Å²) in [5.74, 6) is -10.5. The Morgan fingerprint density at radius 1 is 1.09 bits per heavy atom. The van der Waals surface area contributed by atoms with E-state index in [0.717, 1.165) is 12.1 Å². The molecule has 0 spiro atoms. The van der Waals surface area contributed by atoms with E-state index in [1.807, 2.05) is 0 Å². The van der Waals surface area contributed by atoms with E-state index in [-0.39, 0.29) is 36.1 Å². The lowest BCUT2D eigenvalue weighted by Gasteiger charge is -2.37. The Morgan fingerprint density at radius 2 is 1.74 bits per heavy atom. The molecule has 1 aromatic heterocycles. The van der Waals surface area contributed by atoms with Gasteiger partial charge in [-0.2, -0.15) is 10.4 Å². The van der Waals surface area contributed by atoms with Gasteiger partial charge in [-0.1, -0.05) is 25.1 Å². The number of thioether (sulfide) groups is 1. The van der Waals surface area contributed by atoms with Crippen LogP contribution in [0.3, 0.4) is 0 Å². The van der Waals surface area contributed by atoms with Gasteiger partial charge in [0.2, 0.25) is 0 Å². The van der Waals surface area contributed by atoms with Crippen molar-refractivity contribution in [2.45, 2.75) is 35.9 Å². The lowest BCUT2D eigenvalue weighted by atomic mass is 9.90. The average Bonchev–Trinajstić information content (AvgIpc) is 3.55. The van der Waals surface area contributed by atoms with E-state index in [1.165, 1.54) is 59.4 Å². The van der Waals surface area contributed by atoms with Gasteiger partial charge in [-0.25, -0.2) is 36.0 Å². The highest BCUT2D eigenvalue weighted by atomic mass is 32.2. The molecular weight excluding hydrogens is 640 g/mol. The van der Waals surface area contributed by atoms with E-state index in [4.69, 9.17) is 14.7 Å². The van der Waals surface area contributed by atoms with Gasteiger partial charge in [0.15, 0.2) is 29.6 Å². The predicted octanol–water partition coefficient (Wildman–Crippen LogP) is 5.36. The Morgan fingerprint density at radius 3 is 2.30 bits per heavy atom. The number of nitrogens with zero attached hydrogens (tertiary/aromatic N) is 4. The summed E-state index contributed by atoms with van der Waals surface area (Å²) < 4.78 is 97.7. The minimum atomic E-state index is -1.94. The van der Waals surface area contributed by atoms with E-state index in [2.05, 4.69) is 10.1 Å². The molecule has 1 amide bonds. The van der Waals surface area contributed by atoms with E-state index in [0.29, 0.717) is 11.6 Å². The fourth-order valence-electron chi connectivity index (χ4n) is 4.81. The van der Waals surface area contributed by atoms with Crippen LogP contribution >= 0.6 is 11.8 Å². The number of hydrogen-bond donors (Lipinski definition) is 2. The molecule has 46 heavy (non-hydrogen) atoms. The number of rotatable bonds is 9. The fraction of sp³-hybridized carbons (Fsp3) is 0.267. The molecule has 2 N–H and O–H groups in total. The summed E-state index contributed by atoms with van der Waals surface area (Å²) in [5.41, 5.74) is -4.43. The molecule has 0 radical (unpaired) electrons. The van der Waals surface area contributed by atoms with Crippen molar-refractivity contribution in [2.75, 3.05) is 18.5 Å². The first-order valence-corrected chi connectivity index (χ1v) is 14.4. The second-order valence-corrected chi connectivity index (χ2v) is 11.9. The third kappa shape index (κ3) is 6.58. The van der Waals surface area contributed by atoms with Crippen LogP contribution in [0.15, 0.2) is 55.1 Å². The third-order valence-electron chi connectivity index (χ3n) is 7.26. The van der Waals surface area contributed by atoms with Crippen LogP contribution in [0.4, 0.5) is 32.0 Å². The molecule has 2 heterocycles. The van der Waals surface area contributed by atoms with Crippen LogP contribution in [0.5, 0.6) is 0 Å². The Hall–Kier alpha value is -4.43. The van der Waals surface area contributed by atoms with Crippen LogP contribution in [0.25, 0.3) is 0 Å². The first-order chi connectivity index (χ1) is 21.9. The van der Waals surface area contributed by atoms with Crippen molar-refractivity contribution in [2.24, 2.45) is 0 Å². The number of carbonyl (C=O) groups is 1. The average molecular weight is 664 g/mol. The van der Waals surface area contributed by atoms with Crippen LogP contribution in [-0.4, -0.2) is 49.5 Å². The number of aromatic nitrogens is 3. The SMILES string of the molecule is C[C@@H](SC1COC(c2ccc(C(=O)Nc3c(F)c(F)c(C#N)c(F)c3F)cc2)OC1)[C@](O)(Cn1cncn1)c1ccc(F)cc1F. The maximum absolute atomic E-state index is 14.8. The molecule has 1 saturated heterocycles. The van der Waals surface area contributed by atoms with Gasteiger partial charge in [-0.15, -0.1) is 11.8 Å². The molecule has 0 unspecified atom stereocenters. The summed E-state index contributed by atoms with van der Waals surface area (Å²) in [7, 11) is 0. The molecule has 1 fully saturated rings. The highest BCUT2D eigenvalue weighted by Crippen LogP contribution is 2.39. The van der Waals surface area contributed by atoms with Gasteiger partial charge < -0.3 is 19.9 Å². The lowest BCUT2D eigenvalue weighted by molar-refractivity contribution is -0.180. The van der Waals surface area contributed by atoms with E-state index < -0.39 is 69.2 Å². The van der Waals surface area contributed by atoms with Crippen molar-refractivity contribution >= 4 is 23.4 Å². The van der Waals surface area contributed by atoms with E-state index in [9.17, 15) is 36.2 Å². The second kappa shape index (κ2) is 13.5. The van der Waals surface area contributed by atoms with E-state index >= 15 is 0 Å². The highest BCUT2D eigenvalue weighted by Gasteiger charge is 2.41. The zero-order valence-corrected chi connectivity index (χ0v) is 24.5. The number of amides is 1. The molecule has 2 atom stereocenters. The Kier molecular flexibility index (Phi) is 9.68. The number of carbonyl (C=O) groups excluding carboxylic acids is 1. The molecule has 0 bridgehead atoms. The number of aliphatic hydroxyl groups is 1. The van der Waals surface area contributed by atoms with Crippen LogP contribution in [0.1, 0.15) is 40.3 Å².